The van der Waals surface area contributed by atoms with Gasteiger partial charge in [0.05, 0.1) is 0 Å². The first kappa shape index (κ1) is 23.6. The van der Waals surface area contributed by atoms with Gasteiger partial charge in [0.15, 0.2) is 0 Å². The van der Waals surface area contributed by atoms with Gasteiger partial charge in [0.25, 0.3) is 0 Å². The molecule has 8 aromatic rings. The Morgan fingerprint density at radius 3 is 2.02 bits per heavy atom. The van der Waals surface area contributed by atoms with E-state index in [1.54, 1.807) is 5.57 Å². The Bertz CT molecular complexity index is 2520. The summed E-state index contributed by atoms with van der Waals surface area (Å²) in [6, 6.07) is 41.7. The second kappa shape index (κ2) is 8.12. The summed E-state index contributed by atoms with van der Waals surface area (Å²) in [4.78, 5) is 0. The maximum absolute atomic E-state index is 2.51. The van der Waals surface area contributed by atoms with Gasteiger partial charge in [-0.2, -0.15) is 0 Å². The zero-order chi connectivity index (χ0) is 28.4. The highest BCUT2D eigenvalue weighted by molar-refractivity contribution is 6.34. The predicted molar refractivity (Wildman–Crippen MR) is 186 cm³/mol. The van der Waals surface area contributed by atoms with Crippen LogP contribution in [0.3, 0.4) is 0 Å². The van der Waals surface area contributed by atoms with Gasteiger partial charge in [0, 0.05) is 5.41 Å². The van der Waals surface area contributed by atoms with E-state index in [4.69, 9.17) is 0 Å². The minimum absolute atomic E-state index is 0.0682. The van der Waals surface area contributed by atoms with Crippen molar-refractivity contribution in [3.63, 3.8) is 0 Å². The predicted octanol–water partition coefficient (Wildman–Crippen LogP) is 12.1. The van der Waals surface area contributed by atoms with Crippen LogP contribution in [0, 0.1) is 0 Å². The summed E-state index contributed by atoms with van der Waals surface area (Å²) in [5.74, 6) is 0. The van der Waals surface area contributed by atoms with Crippen LogP contribution in [0.2, 0.25) is 0 Å². The third-order valence-corrected chi connectivity index (χ3v) is 10.7. The first-order valence-corrected chi connectivity index (χ1v) is 15.6. The molecule has 0 heterocycles. The molecule has 0 aromatic heterocycles. The number of hydrogen-bond acceptors (Lipinski definition) is 0. The van der Waals surface area contributed by atoms with Crippen molar-refractivity contribution < 1.29 is 0 Å². The highest BCUT2D eigenvalue weighted by Gasteiger charge is 2.37. The van der Waals surface area contributed by atoms with Crippen molar-refractivity contribution in [1.29, 1.82) is 0 Å². The van der Waals surface area contributed by atoms with E-state index in [2.05, 4.69) is 135 Å². The van der Waals surface area contributed by atoms with Crippen molar-refractivity contribution in [2.24, 2.45) is 0 Å². The Hall–Kier alpha value is -4.94. The SMILES string of the molecule is CC1(C)C2=C(C=CCC2)c2cc3ccc4ccc(-c5ccc6c7cccc8cccc(c9cccc5c96)c87)cc4c3cc21. The molecule has 0 aliphatic heterocycles. The Labute approximate surface area is 250 Å². The second-order valence-electron chi connectivity index (χ2n) is 13.2. The molecule has 43 heavy (non-hydrogen) atoms. The van der Waals surface area contributed by atoms with Gasteiger partial charge < -0.3 is 0 Å². The number of rotatable bonds is 1. The molecule has 202 valence electrons. The summed E-state index contributed by atoms with van der Waals surface area (Å²) in [6.45, 7) is 4.84. The molecular formula is C43H30. The van der Waals surface area contributed by atoms with E-state index in [0.29, 0.717) is 0 Å². The average Bonchev–Trinajstić information content (AvgIpc) is 3.27. The van der Waals surface area contributed by atoms with Crippen LogP contribution in [-0.4, -0.2) is 0 Å². The van der Waals surface area contributed by atoms with E-state index in [-0.39, 0.29) is 5.41 Å². The van der Waals surface area contributed by atoms with Gasteiger partial charge in [-0.1, -0.05) is 123 Å². The van der Waals surface area contributed by atoms with Gasteiger partial charge in [-0.05, 0) is 124 Å². The van der Waals surface area contributed by atoms with Gasteiger partial charge in [-0.3, -0.25) is 0 Å². The first-order valence-electron chi connectivity index (χ1n) is 15.6. The number of allylic oxidation sites excluding steroid dienone is 4. The molecule has 0 spiro atoms. The smallest absolute Gasteiger partial charge is 0.0121 e. The van der Waals surface area contributed by atoms with Crippen molar-refractivity contribution in [1.82, 2.24) is 0 Å². The summed E-state index contributed by atoms with van der Waals surface area (Å²) in [5, 5.41) is 16.1. The fourth-order valence-electron chi connectivity index (χ4n) is 8.63. The highest BCUT2D eigenvalue weighted by atomic mass is 14.4. The first-order chi connectivity index (χ1) is 21.1. The van der Waals surface area contributed by atoms with Crippen LogP contribution in [-0.2, 0) is 5.41 Å². The summed E-state index contributed by atoms with van der Waals surface area (Å²) < 4.78 is 0. The molecule has 0 nitrogen and oxygen atoms in total. The molecule has 0 bridgehead atoms. The maximum Gasteiger partial charge on any atom is 0.0121 e. The minimum atomic E-state index is 0.0682. The zero-order valence-electron chi connectivity index (χ0n) is 24.5. The number of fused-ring (bicyclic) bond motifs is 7. The lowest BCUT2D eigenvalue weighted by molar-refractivity contribution is 0.608. The van der Waals surface area contributed by atoms with Crippen molar-refractivity contribution in [3.05, 3.63) is 138 Å². The second-order valence-corrected chi connectivity index (χ2v) is 13.2. The molecule has 0 heteroatoms. The van der Waals surface area contributed by atoms with Crippen LogP contribution in [0.5, 0.6) is 0 Å². The molecule has 0 amide bonds. The average molecular weight is 547 g/mol. The fraction of sp³-hybridized carbons (Fsp3) is 0.116. The maximum atomic E-state index is 2.51. The van der Waals surface area contributed by atoms with Crippen molar-refractivity contribution >= 4 is 70.2 Å². The van der Waals surface area contributed by atoms with E-state index < -0.39 is 0 Å². The van der Waals surface area contributed by atoms with Crippen LogP contribution < -0.4 is 0 Å². The number of benzene rings is 8. The van der Waals surface area contributed by atoms with Crippen molar-refractivity contribution in [2.45, 2.75) is 32.1 Å². The van der Waals surface area contributed by atoms with E-state index >= 15 is 0 Å². The zero-order valence-corrected chi connectivity index (χ0v) is 24.5. The fourth-order valence-corrected chi connectivity index (χ4v) is 8.63. The molecule has 0 unspecified atom stereocenters. The third-order valence-electron chi connectivity index (χ3n) is 10.7. The van der Waals surface area contributed by atoms with Gasteiger partial charge >= 0.3 is 0 Å². The van der Waals surface area contributed by atoms with Gasteiger partial charge in [-0.15, -0.1) is 0 Å². The normalized spacial score (nSPS) is 16.0. The summed E-state index contributed by atoms with van der Waals surface area (Å²) >= 11 is 0. The molecule has 10 rings (SSSR count). The minimum Gasteiger partial charge on any atom is -0.0836 e. The van der Waals surface area contributed by atoms with E-state index in [1.165, 1.54) is 98.9 Å². The standard InChI is InChI=1S/C43H30/c1-43(2)39-15-4-3-10-30(39)38-23-28-19-17-25-16-18-27(22-36(25)37(28)24-40(38)43)29-20-21-35-33-12-6-9-26-8-5-11-32(41(26)33)34-14-7-13-31(29)42(34)35/h3,5-14,16-24H,4,15H2,1-2H3. The van der Waals surface area contributed by atoms with Crippen LogP contribution in [0.4, 0.5) is 0 Å². The molecule has 0 saturated heterocycles. The molecule has 0 fully saturated rings. The van der Waals surface area contributed by atoms with Gasteiger partial charge in [0.1, 0.15) is 0 Å². The molecule has 2 aliphatic rings. The summed E-state index contributed by atoms with van der Waals surface area (Å²) in [7, 11) is 0. The van der Waals surface area contributed by atoms with Crippen LogP contribution >= 0.6 is 0 Å². The lowest BCUT2D eigenvalue weighted by atomic mass is 9.78. The quantitative estimate of drug-likeness (QED) is 0.142. The van der Waals surface area contributed by atoms with E-state index in [1.807, 2.05) is 0 Å². The van der Waals surface area contributed by atoms with Crippen LogP contribution in [0.25, 0.3) is 81.3 Å². The summed E-state index contributed by atoms with van der Waals surface area (Å²) in [5.41, 5.74) is 8.62. The Kier molecular flexibility index (Phi) is 4.45. The van der Waals surface area contributed by atoms with Gasteiger partial charge in [0.2, 0.25) is 0 Å². The van der Waals surface area contributed by atoms with Crippen LogP contribution in [0.15, 0.2) is 127 Å². The molecule has 0 N–H and O–H groups in total. The Balaban J connectivity index is 1.24. The monoisotopic (exact) mass is 546 g/mol. The highest BCUT2D eigenvalue weighted by Crippen LogP contribution is 2.51. The van der Waals surface area contributed by atoms with Crippen LogP contribution in [0.1, 0.15) is 37.8 Å². The molecule has 0 saturated carbocycles. The third kappa shape index (κ3) is 3.01. The molecule has 0 atom stereocenters. The van der Waals surface area contributed by atoms with Crippen molar-refractivity contribution in [3.8, 4) is 11.1 Å². The summed E-state index contributed by atoms with van der Waals surface area (Å²) in [6.07, 6.45) is 7.03. The lowest BCUT2D eigenvalue weighted by Crippen LogP contribution is -2.17. The van der Waals surface area contributed by atoms with Gasteiger partial charge in [-0.25, -0.2) is 0 Å². The Morgan fingerprint density at radius 1 is 0.512 bits per heavy atom. The van der Waals surface area contributed by atoms with E-state index in [9.17, 15) is 0 Å². The molecule has 0 radical (unpaired) electrons. The molecule has 2 aliphatic carbocycles. The molecular weight excluding hydrogens is 516 g/mol. The topological polar surface area (TPSA) is 0 Å². The molecule has 8 aromatic carbocycles. The lowest BCUT2D eigenvalue weighted by Gasteiger charge is -2.26. The van der Waals surface area contributed by atoms with Crippen molar-refractivity contribution in [2.75, 3.05) is 0 Å². The largest absolute Gasteiger partial charge is 0.0836 e. The van der Waals surface area contributed by atoms with E-state index in [0.717, 1.165) is 6.42 Å². The number of hydrogen-bond donors (Lipinski definition) is 0. The Morgan fingerprint density at radius 2 is 1.19 bits per heavy atom.